The Balaban J connectivity index is 1.86. The molecule has 0 radical (unpaired) electrons. The van der Waals surface area contributed by atoms with Crippen molar-refractivity contribution in [3.8, 4) is 0 Å². The molecular weight excluding hydrogens is 484 g/mol. The zero-order chi connectivity index (χ0) is 25.3. The van der Waals surface area contributed by atoms with Crippen molar-refractivity contribution in [1.82, 2.24) is 14.9 Å². The van der Waals surface area contributed by atoms with Crippen LogP contribution in [0.3, 0.4) is 0 Å². The number of nitrogens with one attached hydrogen (secondary N) is 3. The van der Waals surface area contributed by atoms with Crippen LogP contribution in [-0.2, 0) is 26.0 Å². The standard InChI is InChI=1S/C20H18F4N4O5S/c1-12(29)25-15-6-8-16(9-7-15)34(32,33)27-19(20(22,23)24)17(30)28(18(31)26-19)11-10-13-2-4-14(21)5-3-13/h2-9,27H,10-11H2,1H3,(H,25,29)(H,26,31)/t19-/m0/s1. The first kappa shape index (κ1) is 25.1. The third-order valence-electron chi connectivity index (χ3n) is 4.84. The summed E-state index contributed by atoms with van der Waals surface area (Å²) in [7, 11) is -4.97. The zero-order valence-electron chi connectivity index (χ0n) is 17.4. The summed E-state index contributed by atoms with van der Waals surface area (Å²) in [6.07, 6.45) is -5.63. The van der Waals surface area contributed by atoms with Gasteiger partial charge in [0.25, 0.3) is 11.6 Å². The fourth-order valence-electron chi connectivity index (χ4n) is 3.17. The van der Waals surface area contributed by atoms with E-state index < -0.39 is 57.0 Å². The van der Waals surface area contributed by atoms with E-state index >= 15 is 0 Å². The Morgan fingerprint density at radius 1 is 1.06 bits per heavy atom. The summed E-state index contributed by atoms with van der Waals surface area (Å²) >= 11 is 0. The number of sulfonamides is 1. The van der Waals surface area contributed by atoms with Crippen LogP contribution in [0.15, 0.2) is 53.4 Å². The largest absolute Gasteiger partial charge is 0.435 e. The van der Waals surface area contributed by atoms with Crippen molar-refractivity contribution in [3.63, 3.8) is 0 Å². The molecule has 3 rings (SSSR count). The number of imide groups is 1. The van der Waals surface area contributed by atoms with Gasteiger partial charge in [0, 0.05) is 19.2 Å². The molecule has 0 unspecified atom stereocenters. The highest BCUT2D eigenvalue weighted by Crippen LogP contribution is 2.35. The van der Waals surface area contributed by atoms with Gasteiger partial charge < -0.3 is 10.6 Å². The van der Waals surface area contributed by atoms with Crippen molar-refractivity contribution in [1.29, 1.82) is 0 Å². The first-order valence-corrected chi connectivity index (χ1v) is 11.1. The second-order valence-electron chi connectivity index (χ2n) is 7.32. The molecule has 9 nitrogen and oxygen atoms in total. The maximum absolute atomic E-state index is 14.0. The summed E-state index contributed by atoms with van der Waals surface area (Å²) < 4.78 is 81.7. The van der Waals surface area contributed by atoms with Gasteiger partial charge in [-0.1, -0.05) is 12.1 Å². The van der Waals surface area contributed by atoms with Gasteiger partial charge in [0.05, 0.1) is 4.90 Å². The minimum Gasteiger partial charge on any atom is -0.326 e. The van der Waals surface area contributed by atoms with Crippen LogP contribution in [0.1, 0.15) is 12.5 Å². The van der Waals surface area contributed by atoms with Gasteiger partial charge in [-0.25, -0.2) is 17.6 Å². The average Bonchev–Trinajstić information content (AvgIpc) is 2.97. The molecule has 1 fully saturated rings. The summed E-state index contributed by atoms with van der Waals surface area (Å²) in [6.45, 7) is 0.691. The predicted octanol–water partition coefficient (Wildman–Crippen LogP) is 2.12. The lowest BCUT2D eigenvalue weighted by Crippen LogP contribution is -2.69. The number of anilines is 1. The maximum atomic E-state index is 14.0. The lowest BCUT2D eigenvalue weighted by atomic mass is 10.1. The molecule has 0 bridgehead atoms. The van der Waals surface area contributed by atoms with Crippen molar-refractivity contribution < 1.29 is 40.4 Å². The third-order valence-corrected chi connectivity index (χ3v) is 6.31. The Morgan fingerprint density at radius 3 is 2.18 bits per heavy atom. The van der Waals surface area contributed by atoms with Crippen molar-refractivity contribution in [2.45, 2.75) is 30.1 Å². The van der Waals surface area contributed by atoms with Crippen LogP contribution in [0.4, 0.5) is 28.0 Å². The van der Waals surface area contributed by atoms with Crippen molar-refractivity contribution in [3.05, 3.63) is 59.9 Å². The quantitative estimate of drug-likeness (QED) is 0.395. The number of hydrogen-bond donors (Lipinski definition) is 3. The van der Waals surface area contributed by atoms with Gasteiger partial charge >= 0.3 is 12.2 Å². The SMILES string of the molecule is CC(=O)Nc1ccc(S(=O)(=O)N[C@@]2(C(F)(F)F)NC(=O)N(CCc3ccc(F)cc3)C2=O)cc1. The Bertz CT molecular complexity index is 1220. The number of rotatable bonds is 7. The second-order valence-corrected chi connectivity index (χ2v) is 9.00. The molecule has 1 aliphatic heterocycles. The molecule has 0 saturated carbocycles. The first-order valence-electron chi connectivity index (χ1n) is 9.62. The van der Waals surface area contributed by atoms with E-state index in [0.717, 1.165) is 36.4 Å². The number of carbonyl (C=O) groups excluding carboxylic acids is 3. The van der Waals surface area contributed by atoms with Crippen LogP contribution in [0, 0.1) is 5.82 Å². The topological polar surface area (TPSA) is 125 Å². The molecule has 3 N–H and O–H groups in total. The molecule has 14 heteroatoms. The highest BCUT2D eigenvalue weighted by molar-refractivity contribution is 7.89. The highest BCUT2D eigenvalue weighted by Gasteiger charge is 2.69. The minimum atomic E-state index is -5.53. The van der Waals surface area contributed by atoms with Crippen LogP contribution < -0.4 is 15.4 Å². The van der Waals surface area contributed by atoms with E-state index in [9.17, 15) is 40.4 Å². The Kier molecular flexibility index (Phi) is 6.66. The molecule has 0 aromatic heterocycles. The zero-order valence-corrected chi connectivity index (χ0v) is 18.3. The normalized spacial score (nSPS) is 18.7. The summed E-state index contributed by atoms with van der Waals surface area (Å²) in [5.41, 5.74) is -3.30. The van der Waals surface area contributed by atoms with E-state index in [0.29, 0.717) is 5.56 Å². The lowest BCUT2D eigenvalue weighted by Gasteiger charge is -2.29. The Morgan fingerprint density at radius 2 is 1.65 bits per heavy atom. The molecular formula is C20H18F4N4O5S. The molecule has 1 aliphatic rings. The number of urea groups is 1. The van der Waals surface area contributed by atoms with Crippen LogP contribution in [0.2, 0.25) is 0 Å². The fourth-order valence-corrected chi connectivity index (χ4v) is 4.44. The smallest absolute Gasteiger partial charge is 0.326 e. The maximum Gasteiger partial charge on any atom is 0.435 e. The number of carbonyl (C=O) groups is 3. The Labute approximate surface area is 191 Å². The van der Waals surface area contributed by atoms with Gasteiger partial charge in [0.2, 0.25) is 15.9 Å². The van der Waals surface area contributed by atoms with Crippen LogP contribution in [0.5, 0.6) is 0 Å². The second kappa shape index (κ2) is 9.02. The number of amides is 4. The first-order chi connectivity index (χ1) is 15.7. The summed E-state index contributed by atoms with van der Waals surface area (Å²) in [5.74, 6) is -2.86. The highest BCUT2D eigenvalue weighted by atomic mass is 32.2. The van der Waals surface area contributed by atoms with E-state index in [4.69, 9.17) is 0 Å². The van der Waals surface area contributed by atoms with Crippen molar-refractivity contribution in [2.24, 2.45) is 0 Å². The average molecular weight is 502 g/mol. The number of hydrogen-bond acceptors (Lipinski definition) is 5. The molecule has 2 aromatic carbocycles. The molecule has 1 heterocycles. The molecule has 182 valence electrons. The van der Waals surface area contributed by atoms with Crippen LogP contribution >= 0.6 is 0 Å². The number of benzene rings is 2. The van der Waals surface area contributed by atoms with Crippen LogP contribution in [-0.4, -0.2) is 49.5 Å². The number of nitrogens with zero attached hydrogens (tertiary/aromatic N) is 1. The number of alkyl halides is 3. The molecule has 1 atom stereocenters. The third kappa shape index (κ3) is 5.02. The van der Waals surface area contributed by atoms with E-state index in [1.807, 2.05) is 0 Å². The molecule has 0 aliphatic carbocycles. The van der Waals surface area contributed by atoms with E-state index in [1.165, 1.54) is 29.1 Å². The van der Waals surface area contributed by atoms with Crippen LogP contribution in [0.25, 0.3) is 0 Å². The summed E-state index contributed by atoms with van der Waals surface area (Å²) in [5, 5.41) is 3.79. The van der Waals surface area contributed by atoms with E-state index in [2.05, 4.69) is 5.32 Å². The van der Waals surface area contributed by atoms with Gasteiger partial charge in [-0.2, -0.15) is 17.9 Å². The van der Waals surface area contributed by atoms with E-state index in [-0.39, 0.29) is 17.0 Å². The van der Waals surface area contributed by atoms with Gasteiger partial charge in [-0.15, -0.1) is 0 Å². The lowest BCUT2D eigenvalue weighted by molar-refractivity contribution is -0.198. The van der Waals surface area contributed by atoms with E-state index in [1.54, 1.807) is 0 Å². The number of halogens is 4. The Hall–Kier alpha value is -3.52. The summed E-state index contributed by atoms with van der Waals surface area (Å²) in [6, 6.07) is 7.54. The molecule has 34 heavy (non-hydrogen) atoms. The van der Waals surface area contributed by atoms with Crippen molar-refractivity contribution >= 4 is 33.6 Å². The molecule has 4 amide bonds. The van der Waals surface area contributed by atoms with Gasteiger partial charge in [0.1, 0.15) is 5.82 Å². The molecule has 0 spiro atoms. The molecule has 1 saturated heterocycles. The fraction of sp³-hybridized carbons (Fsp3) is 0.250. The van der Waals surface area contributed by atoms with Crippen molar-refractivity contribution in [2.75, 3.05) is 11.9 Å². The molecule has 2 aromatic rings. The monoisotopic (exact) mass is 502 g/mol. The van der Waals surface area contributed by atoms with Gasteiger partial charge in [-0.05, 0) is 48.4 Å². The van der Waals surface area contributed by atoms with Gasteiger partial charge in [-0.3, -0.25) is 14.5 Å². The minimum absolute atomic E-state index is 0.0925. The van der Waals surface area contributed by atoms with Gasteiger partial charge in [0.15, 0.2) is 0 Å². The summed E-state index contributed by atoms with van der Waals surface area (Å²) in [4.78, 5) is 35.6. The predicted molar refractivity (Wildman–Crippen MR) is 110 cm³/mol.